The molecule has 0 spiro atoms. The molecule has 152 valence electrons. The summed E-state index contributed by atoms with van der Waals surface area (Å²) in [5.74, 6) is -0.222. The van der Waals surface area contributed by atoms with E-state index in [9.17, 15) is 13.2 Å². The van der Waals surface area contributed by atoms with Gasteiger partial charge in [0.25, 0.3) is 15.9 Å². The molecule has 2 aromatic heterocycles. The second kappa shape index (κ2) is 7.55. The minimum absolute atomic E-state index is 0.0879. The molecule has 10 heteroatoms. The summed E-state index contributed by atoms with van der Waals surface area (Å²) in [7, 11) is -4.06. The Morgan fingerprint density at radius 1 is 1.24 bits per heavy atom. The predicted molar refractivity (Wildman–Crippen MR) is 114 cm³/mol. The maximum atomic E-state index is 13.2. The number of sulfonamides is 1. The fourth-order valence-electron chi connectivity index (χ4n) is 3.70. The van der Waals surface area contributed by atoms with Gasteiger partial charge in [0.05, 0.1) is 27.5 Å². The molecule has 2 atom stereocenters. The van der Waals surface area contributed by atoms with E-state index in [2.05, 4.69) is 14.1 Å². The van der Waals surface area contributed by atoms with Gasteiger partial charge in [0, 0.05) is 23.3 Å². The number of fused-ring (bicyclic) bond motifs is 1. The van der Waals surface area contributed by atoms with Gasteiger partial charge < -0.3 is 4.90 Å². The second-order valence-electron chi connectivity index (χ2n) is 7.14. The molecule has 7 nitrogen and oxygen atoms in total. The largest absolute Gasteiger partial charge is 0.333 e. The Labute approximate surface area is 177 Å². The van der Waals surface area contributed by atoms with Crippen LogP contribution in [0.2, 0.25) is 5.02 Å². The SMILES string of the molecule is CC1CCC(C)N1C(=O)c1ccc(Cl)cc1NS(=O)(=O)c1nccc2sncc12. The van der Waals surface area contributed by atoms with Crippen LogP contribution >= 0.6 is 23.1 Å². The zero-order valence-electron chi connectivity index (χ0n) is 15.8. The molecule has 0 radical (unpaired) electrons. The van der Waals surface area contributed by atoms with Crippen molar-refractivity contribution in [2.45, 2.75) is 43.8 Å². The van der Waals surface area contributed by atoms with Gasteiger partial charge in [-0.25, -0.2) is 4.98 Å². The van der Waals surface area contributed by atoms with Crippen molar-refractivity contribution in [1.29, 1.82) is 0 Å². The number of carbonyl (C=O) groups excluding carboxylic acids is 1. The molecule has 29 heavy (non-hydrogen) atoms. The Bertz CT molecular complexity index is 1190. The van der Waals surface area contributed by atoms with E-state index in [1.807, 2.05) is 13.8 Å². The maximum Gasteiger partial charge on any atom is 0.280 e. The van der Waals surface area contributed by atoms with Gasteiger partial charge in [0.1, 0.15) is 0 Å². The maximum absolute atomic E-state index is 13.2. The van der Waals surface area contributed by atoms with Crippen molar-refractivity contribution in [2.75, 3.05) is 4.72 Å². The molecule has 0 aliphatic carbocycles. The zero-order chi connectivity index (χ0) is 20.8. The van der Waals surface area contributed by atoms with Crippen LogP contribution in [0.4, 0.5) is 5.69 Å². The number of amides is 1. The summed E-state index contributed by atoms with van der Waals surface area (Å²) < 4.78 is 33.4. The lowest BCUT2D eigenvalue weighted by Crippen LogP contribution is -2.39. The number of likely N-dealkylation sites (tertiary alicyclic amines) is 1. The number of aromatic nitrogens is 2. The Morgan fingerprint density at radius 2 is 1.97 bits per heavy atom. The van der Waals surface area contributed by atoms with Crippen LogP contribution in [0.15, 0.2) is 41.7 Å². The molecular formula is C19H19ClN4O3S2. The average Bonchev–Trinajstić information content (AvgIpc) is 3.27. The fourth-order valence-corrected chi connectivity index (χ4v) is 5.79. The molecule has 3 aromatic rings. The number of nitrogens with zero attached hydrogens (tertiary/aromatic N) is 3. The lowest BCUT2D eigenvalue weighted by atomic mass is 10.1. The lowest BCUT2D eigenvalue weighted by molar-refractivity contribution is 0.0694. The summed E-state index contributed by atoms with van der Waals surface area (Å²) in [4.78, 5) is 19.0. The smallest absolute Gasteiger partial charge is 0.280 e. The van der Waals surface area contributed by atoms with Crippen LogP contribution in [0.3, 0.4) is 0 Å². The van der Waals surface area contributed by atoms with Crippen LogP contribution in [-0.4, -0.2) is 40.7 Å². The van der Waals surface area contributed by atoms with Gasteiger partial charge in [0.15, 0.2) is 5.03 Å². The Kier molecular flexibility index (Phi) is 5.22. The molecule has 1 saturated heterocycles. The minimum Gasteiger partial charge on any atom is -0.333 e. The Balaban J connectivity index is 1.75. The van der Waals surface area contributed by atoms with Crippen LogP contribution in [0.5, 0.6) is 0 Å². The molecule has 1 fully saturated rings. The first kappa shape index (κ1) is 20.1. The summed E-state index contributed by atoms with van der Waals surface area (Å²) in [6, 6.07) is 6.47. The summed E-state index contributed by atoms with van der Waals surface area (Å²) >= 11 is 7.29. The van der Waals surface area contributed by atoms with Crippen molar-refractivity contribution in [2.24, 2.45) is 0 Å². The van der Waals surface area contributed by atoms with Gasteiger partial charge in [0.2, 0.25) is 0 Å². The van der Waals surface area contributed by atoms with Crippen molar-refractivity contribution in [3.8, 4) is 0 Å². The number of pyridine rings is 1. The molecule has 2 unspecified atom stereocenters. The number of anilines is 1. The van der Waals surface area contributed by atoms with Crippen molar-refractivity contribution in [1.82, 2.24) is 14.3 Å². The van der Waals surface area contributed by atoms with Crippen LogP contribution in [0.25, 0.3) is 10.1 Å². The van der Waals surface area contributed by atoms with Crippen LogP contribution in [0, 0.1) is 0 Å². The molecule has 1 N–H and O–H groups in total. The number of hydrogen-bond donors (Lipinski definition) is 1. The van der Waals surface area contributed by atoms with Gasteiger partial charge in [-0.05, 0) is 62.5 Å². The zero-order valence-corrected chi connectivity index (χ0v) is 18.2. The highest BCUT2D eigenvalue weighted by molar-refractivity contribution is 7.92. The summed E-state index contributed by atoms with van der Waals surface area (Å²) in [5.41, 5.74) is 0.394. The first-order valence-corrected chi connectivity index (χ1v) is 11.8. The number of halogens is 1. The molecule has 1 aliphatic rings. The monoisotopic (exact) mass is 450 g/mol. The summed E-state index contributed by atoms with van der Waals surface area (Å²) in [6.45, 7) is 3.99. The fraction of sp³-hybridized carbons (Fsp3) is 0.316. The molecule has 1 aliphatic heterocycles. The first-order valence-electron chi connectivity index (χ1n) is 9.12. The van der Waals surface area contributed by atoms with E-state index in [1.165, 1.54) is 30.0 Å². The van der Waals surface area contributed by atoms with Crippen molar-refractivity contribution >= 4 is 54.8 Å². The minimum atomic E-state index is -4.06. The van der Waals surface area contributed by atoms with Gasteiger partial charge in [-0.1, -0.05) is 11.6 Å². The molecule has 0 bridgehead atoms. The van der Waals surface area contributed by atoms with E-state index >= 15 is 0 Å². The van der Waals surface area contributed by atoms with Gasteiger partial charge in [-0.3, -0.25) is 9.52 Å². The topological polar surface area (TPSA) is 92.3 Å². The average molecular weight is 451 g/mol. The predicted octanol–water partition coefficient (Wildman–Crippen LogP) is 4.16. The highest BCUT2D eigenvalue weighted by Gasteiger charge is 2.33. The van der Waals surface area contributed by atoms with Crippen molar-refractivity contribution in [3.05, 3.63) is 47.2 Å². The first-order chi connectivity index (χ1) is 13.8. The molecule has 1 aromatic carbocycles. The third kappa shape index (κ3) is 3.70. The van der Waals surface area contributed by atoms with E-state index in [0.717, 1.165) is 12.8 Å². The normalized spacial score (nSPS) is 19.6. The highest BCUT2D eigenvalue weighted by Crippen LogP contribution is 2.31. The van der Waals surface area contributed by atoms with E-state index in [1.54, 1.807) is 23.1 Å². The molecular weight excluding hydrogens is 432 g/mol. The highest BCUT2D eigenvalue weighted by atomic mass is 35.5. The Hall–Kier alpha value is -2.23. The summed E-state index contributed by atoms with van der Waals surface area (Å²) in [6.07, 6.45) is 4.73. The third-order valence-electron chi connectivity index (χ3n) is 5.14. The Morgan fingerprint density at radius 3 is 2.69 bits per heavy atom. The number of benzene rings is 1. The number of rotatable bonds is 4. The quantitative estimate of drug-likeness (QED) is 0.644. The van der Waals surface area contributed by atoms with Crippen molar-refractivity contribution < 1.29 is 13.2 Å². The molecule has 3 heterocycles. The van der Waals surface area contributed by atoms with E-state index in [-0.39, 0.29) is 34.3 Å². The third-order valence-corrected chi connectivity index (χ3v) is 7.47. The number of hydrogen-bond acceptors (Lipinski definition) is 6. The van der Waals surface area contributed by atoms with Crippen LogP contribution < -0.4 is 4.72 Å². The van der Waals surface area contributed by atoms with Gasteiger partial charge in [-0.15, -0.1) is 0 Å². The summed E-state index contributed by atoms with van der Waals surface area (Å²) in [5, 5.41) is 0.622. The van der Waals surface area contributed by atoms with Crippen molar-refractivity contribution in [3.63, 3.8) is 0 Å². The molecule has 0 saturated carbocycles. The molecule has 1 amide bonds. The van der Waals surface area contributed by atoms with Gasteiger partial charge in [-0.2, -0.15) is 12.8 Å². The molecule has 4 rings (SSSR count). The number of carbonyl (C=O) groups is 1. The van der Waals surface area contributed by atoms with Crippen LogP contribution in [-0.2, 0) is 10.0 Å². The van der Waals surface area contributed by atoms with Gasteiger partial charge >= 0.3 is 0 Å². The lowest BCUT2D eigenvalue weighted by Gasteiger charge is -2.27. The standard InChI is InChI=1S/C19H19ClN4O3S2/c1-11-3-4-12(2)24(11)19(25)14-6-5-13(20)9-16(14)23-29(26,27)18-15-10-22-28-17(15)7-8-21-18/h5-12,23H,3-4H2,1-2H3. The van der Waals surface area contributed by atoms with E-state index < -0.39 is 10.0 Å². The van der Waals surface area contributed by atoms with Crippen LogP contribution in [0.1, 0.15) is 37.0 Å². The second-order valence-corrected chi connectivity index (χ2v) is 10.0. The van der Waals surface area contributed by atoms with E-state index in [4.69, 9.17) is 11.6 Å². The number of nitrogens with one attached hydrogen (secondary N) is 1. The van der Waals surface area contributed by atoms with E-state index in [0.29, 0.717) is 15.1 Å².